The van der Waals surface area contributed by atoms with Gasteiger partial charge in [0.15, 0.2) is 0 Å². The van der Waals surface area contributed by atoms with Crippen LogP contribution in [0.4, 0.5) is 4.39 Å². The van der Waals surface area contributed by atoms with Gasteiger partial charge in [-0.15, -0.1) is 11.8 Å². The highest BCUT2D eigenvalue weighted by Gasteiger charge is 2.03. The number of halogens is 1. The molecule has 22 heavy (non-hydrogen) atoms. The highest BCUT2D eigenvalue weighted by atomic mass is 32.2. The first-order valence-corrected chi connectivity index (χ1v) is 7.82. The lowest BCUT2D eigenvalue weighted by atomic mass is 10.1. The minimum Gasteiger partial charge on any atom is -0.272 e. The minimum absolute atomic E-state index is 0.174. The quantitative estimate of drug-likeness (QED) is 0.518. The zero-order valence-corrected chi connectivity index (χ0v) is 13.3. The zero-order valence-electron chi connectivity index (χ0n) is 12.5. The van der Waals surface area contributed by atoms with Crippen LogP contribution in [-0.2, 0) is 4.79 Å². The summed E-state index contributed by atoms with van der Waals surface area (Å²) >= 11 is 1.46. The molecule has 2 rings (SSSR count). The van der Waals surface area contributed by atoms with Crippen LogP contribution < -0.4 is 5.43 Å². The Morgan fingerprint density at radius 3 is 2.41 bits per heavy atom. The summed E-state index contributed by atoms with van der Waals surface area (Å²) in [6, 6.07) is 14.0. The third-order valence-electron chi connectivity index (χ3n) is 3.00. The average Bonchev–Trinajstić information content (AvgIpc) is 2.52. The molecule has 0 unspecified atom stereocenters. The lowest BCUT2D eigenvalue weighted by Gasteiger charge is -2.04. The van der Waals surface area contributed by atoms with Gasteiger partial charge in [0.05, 0.1) is 11.5 Å². The van der Waals surface area contributed by atoms with Gasteiger partial charge in [-0.2, -0.15) is 5.10 Å². The average molecular weight is 316 g/mol. The standard InChI is InChI=1S/C17H17FN2OS/c1-12-3-9-16(10-4-12)22-11-17(21)20-19-13(2)14-5-7-15(18)8-6-14/h3-10H,11H2,1-2H3,(H,20,21)/b19-13-. The third-order valence-corrected chi connectivity index (χ3v) is 4.01. The molecule has 5 heteroatoms. The molecule has 0 aliphatic rings. The second-order valence-corrected chi connectivity index (χ2v) is 5.89. The molecule has 0 aromatic heterocycles. The van der Waals surface area contributed by atoms with E-state index in [-0.39, 0.29) is 11.7 Å². The highest BCUT2D eigenvalue weighted by Crippen LogP contribution is 2.17. The maximum Gasteiger partial charge on any atom is 0.250 e. The summed E-state index contributed by atoms with van der Waals surface area (Å²) in [6.07, 6.45) is 0. The summed E-state index contributed by atoms with van der Waals surface area (Å²) in [5.74, 6) is -0.175. The van der Waals surface area contributed by atoms with E-state index in [0.29, 0.717) is 11.5 Å². The molecule has 3 nitrogen and oxygen atoms in total. The smallest absolute Gasteiger partial charge is 0.250 e. The Morgan fingerprint density at radius 2 is 1.77 bits per heavy atom. The number of carbonyl (C=O) groups excluding carboxylic acids is 1. The molecule has 0 aliphatic carbocycles. The van der Waals surface area contributed by atoms with Gasteiger partial charge in [0.25, 0.3) is 0 Å². The van der Waals surface area contributed by atoms with Gasteiger partial charge < -0.3 is 0 Å². The van der Waals surface area contributed by atoms with Crippen molar-refractivity contribution in [3.8, 4) is 0 Å². The van der Waals surface area contributed by atoms with E-state index >= 15 is 0 Å². The number of hydrogen-bond acceptors (Lipinski definition) is 3. The summed E-state index contributed by atoms with van der Waals surface area (Å²) in [6.45, 7) is 3.79. The number of aryl methyl sites for hydroxylation is 1. The molecule has 2 aromatic carbocycles. The van der Waals surface area contributed by atoms with Crippen LogP contribution in [0.15, 0.2) is 58.5 Å². The number of benzene rings is 2. The van der Waals surface area contributed by atoms with Crippen LogP contribution >= 0.6 is 11.8 Å². The maximum absolute atomic E-state index is 12.8. The van der Waals surface area contributed by atoms with E-state index in [1.54, 1.807) is 19.1 Å². The van der Waals surface area contributed by atoms with Crippen LogP contribution in [0.1, 0.15) is 18.1 Å². The molecule has 0 fully saturated rings. The molecule has 1 amide bonds. The first-order chi connectivity index (χ1) is 10.5. The normalized spacial score (nSPS) is 11.3. The second kappa shape index (κ2) is 7.75. The first-order valence-electron chi connectivity index (χ1n) is 6.83. The van der Waals surface area contributed by atoms with Crippen molar-refractivity contribution in [3.05, 3.63) is 65.5 Å². The van der Waals surface area contributed by atoms with Crippen molar-refractivity contribution < 1.29 is 9.18 Å². The fourth-order valence-corrected chi connectivity index (χ4v) is 2.41. The van der Waals surface area contributed by atoms with Crippen LogP contribution in [-0.4, -0.2) is 17.4 Å². The minimum atomic E-state index is -0.296. The Morgan fingerprint density at radius 1 is 1.14 bits per heavy atom. The first kappa shape index (κ1) is 16.2. The lowest BCUT2D eigenvalue weighted by Crippen LogP contribution is -2.21. The monoisotopic (exact) mass is 316 g/mol. The molecule has 0 atom stereocenters. The Bertz CT molecular complexity index is 666. The molecule has 0 saturated carbocycles. The Balaban J connectivity index is 1.85. The summed E-state index contributed by atoms with van der Waals surface area (Å²) in [7, 11) is 0. The lowest BCUT2D eigenvalue weighted by molar-refractivity contribution is -0.118. The van der Waals surface area contributed by atoms with Crippen molar-refractivity contribution in [2.45, 2.75) is 18.7 Å². The van der Waals surface area contributed by atoms with Gasteiger partial charge in [0.1, 0.15) is 5.82 Å². The molecular weight excluding hydrogens is 299 g/mol. The largest absolute Gasteiger partial charge is 0.272 e. The van der Waals surface area contributed by atoms with Crippen LogP contribution in [0, 0.1) is 12.7 Å². The Kier molecular flexibility index (Phi) is 5.72. The molecule has 0 spiro atoms. The molecule has 0 heterocycles. The number of hydrogen-bond donors (Lipinski definition) is 1. The van der Waals surface area contributed by atoms with Crippen molar-refractivity contribution in [2.75, 3.05) is 5.75 Å². The SMILES string of the molecule is C/C(=N/NC(=O)CSc1ccc(C)cc1)c1ccc(F)cc1. The number of nitrogens with one attached hydrogen (secondary N) is 1. The molecule has 0 aliphatic heterocycles. The molecule has 2 aromatic rings. The van der Waals surface area contributed by atoms with E-state index in [0.717, 1.165) is 10.5 Å². The summed E-state index contributed by atoms with van der Waals surface area (Å²) in [5, 5.41) is 4.03. The third kappa shape index (κ3) is 5.00. The van der Waals surface area contributed by atoms with Gasteiger partial charge in [0, 0.05) is 4.90 Å². The molecule has 0 bridgehead atoms. The predicted molar refractivity (Wildman–Crippen MR) is 88.7 cm³/mol. The number of amides is 1. The molecular formula is C17H17FN2OS. The van der Waals surface area contributed by atoms with E-state index in [1.165, 1.54) is 29.5 Å². The van der Waals surface area contributed by atoms with Crippen LogP contribution in [0.5, 0.6) is 0 Å². The summed E-state index contributed by atoms with van der Waals surface area (Å²) < 4.78 is 12.8. The van der Waals surface area contributed by atoms with Gasteiger partial charge in [-0.3, -0.25) is 4.79 Å². The van der Waals surface area contributed by atoms with Crippen molar-refractivity contribution in [1.82, 2.24) is 5.43 Å². The van der Waals surface area contributed by atoms with Crippen LogP contribution in [0.25, 0.3) is 0 Å². The van der Waals surface area contributed by atoms with Gasteiger partial charge in [0.2, 0.25) is 5.91 Å². The Hall–Kier alpha value is -2.14. The van der Waals surface area contributed by atoms with Crippen molar-refractivity contribution in [3.63, 3.8) is 0 Å². The fourth-order valence-electron chi connectivity index (χ4n) is 1.72. The fraction of sp³-hybridized carbons (Fsp3) is 0.176. The van der Waals surface area contributed by atoms with E-state index in [1.807, 2.05) is 31.2 Å². The Labute approximate surface area is 133 Å². The van der Waals surface area contributed by atoms with Crippen molar-refractivity contribution >= 4 is 23.4 Å². The molecule has 0 radical (unpaired) electrons. The number of hydrazone groups is 1. The number of rotatable bonds is 5. The van der Waals surface area contributed by atoms with E-state index < -0.39 is 0 Å². The number of carbonyl (C=O) groups is 1. The van der Waals surface area contributed by atoms with Crippen molar-refractivity contribution in [1.29, 1.82) is 0 Å². The van der Waals surface area contributed by atoms with Crippen LogP contribution in [0.2, 0.25) is 0 Å². The molecule has 0 saturated heterocycles. The van der Waals surface area contributed by atoms with E-state index in [9.17, 15) is 9.18 Å². The van der Waals surface area contributed by atoms with Gasteiger partial charge >= 0.3 is 0 Å². The number of thioether (sulfide) groups is 1. The summed E-state index contributed by atoms with van der Waals surface area (Å²) in [5.41, 5.74) is 5.10. The van der Waals surface area contributed by atoms with Gasteiger partial charge in [-0.05, 0) is 43.7 Å². The molecule has 1 N–H and O–H groups in total. The van der Waals surface area contributed by atoms with E-state index in [4.69, 9.17) is 0 Å². The topological polar surface area (TPSA) is 41.5 Å². The summed E-state index contributed by atoms with van der Waals surface area (Å²) in [4.78, 5) is 12.8. The number of nitrogens with zero attached hydrogens (tertiary/aromatic N) is 1. The zero-order chi connectivity index (χ0) is 15.9. The van der Waals surface area contributed by atoms with E-state index in [2.05, 4.69) is 10.5 Å². The highest BCUT2D eigenvalue weighted by molar-refractivity contribution is 8.00. The van der Waals surface area contributed by atoms with Crippen LogP contribution in [0.3, 0.4) is 0 Å². The second-order valence-electron chi connectivity index (χ2n) is 4.84. The predicted octanol–water partition coefficient (Wildman–Crippen LogP) is 3.77. The molecule has 114 valence electrons. The van der Waals surface area contributed by atoms with Gasteiger partial charge in [-0.1, -0.05) is 29.8 Å². The maximum atomic E-state index is 12.8. The van der Waals surface area contributed by atoms with Crippen molar-refractivity contribution in [2.24, 2.45) is 5.10 Å². The van der Waals surface area contributed by atoms with Gasteiger partial charge in [-0.25, -0.2) is 9.82 Å².